The molecule has 3 aliphatic rings. The van der Waals surface area contributed by atoms with E-state index in [1.807, 2.05) is 0 Å². The Morgan fingerprint density at radius 1 is 1.43 bits per heavy atom. The van der Waals surface area contributed by atoms with Gasteiger partial charge in [-0.3, -0.25) is 0 Å². The van der Waals surface area contributed by atoms with Crippen LogP contribution in [-0.2, 0) is 0 Å². The molecule has 3 aliphatic carbocycles. The molecule has 0 aromatic heterocycles. The maximum absolute atomic E-state index is 12.1. The molecular weight excluding hydrogens is 95.1 g/mol. The van der Waals surface area contributed by atoms with Gasteiger partial charge in [-0.1, -0.05) is 0 Å². The van der Waals surface area contributed by atoms with Crippen molar-refractivity contribution in [2.24, 2.45) is 11.8 Å². The molecule has 2 bridgehead atoms. The molecule has 0 amide bonds. The van der Waals surface area contributed by atoms with Crippen molar-refractivity contribution >= 4 is 0 Å². The minimum absolute atomic E-state index is 0.0324. The fourth-order valence-electron chi connectivity index (χ4n) is 1.33. The van der Waals surface area contributed by atoms with E-state index in [9.17, 15) is 4.39 Å². The van der Waals surface area contributed by atoms with Crippen molar-refractivity contribution < 1.29 is 9.50 Å². The van der Waals surface area contributed by atoms with Gasteiger partial charge in [0.1, 0.15) is 6.17 Å². The summed E-state index contributed by atoms with van der Waals surface area (Å²) >= 11 is 0. The topological polar surface area (TPSA) is 20.2 Å². The Labute approximate surface area is 41.1 Å². The van der Waals surface area contributed by atoms with Crippen molar-refractivity contribution in [2.45, 2.75) is 18.7 Å². The number of halogens is 1. The first kappa shape index (κ1) is 3.84. The van der Waals surface area contributed by atoms with Gasteiger partial charge in [0.25, 0.3) is 0 Å². The molecule has 2 atom stereocenters. The molecule has 3 saturated carbocycles. The summed E-state index contributed by atoms with van der Waals surface area (Å²) in [7, 11) is 0. The minimum atomic E-state index is -0.644. The summed E-state index contributed by atoms with van der Waals surface area (Å²) in [4.78, 5) is 0. The molecule has 2 heteroatoms. The Morgan fingerprint density at radius 2 is 2.00 bits per heavy atom. The highest BCUT2D eigenvalue weighted by molar-refractivity contribution is 5.10. The van der Waals surface area contributed by atoms with Gasteiger partial charge in [0.15, 0.2) is 0 Å². The summed E-state index contributed by atoms with van der Waals surface area (Å²) in [6.07, 6.45) is 0.0208. The van der Waals surface area contributed by atoms with E-state index in [4.69, 9.17) is 5.11 Å². The lowest BCUT2D eigenvalue weighted by atomic mass is 9.52. The molecular formula is C5H7FO. The second kappa shape index (κ2) is 0.848. The van der Waals surface area contributed by atoms with Crippen LogP contribution in [0.1, 0.15) is 6.42 Å². The monoisotopic (exact) mass is 102 g/mol. The van der Waals surface area contributed by atoms with Crippen LogP contribution in [0, 0.1) is 11.8 Å². The van der Waals surface area contributed by atoms with E-state index in [-0.39, 0.29) is 17.9 Å². The van der Waals surface area contributed by atoms with Gasteiger partial charge in [-0.05, 0) is 6.42 Å². The molecule has 0 saturated heterocycles. The van der Waals surface area contributed by atoms with Crippen molar-refractivity contribution in [3.63, 3.8) is 0 Å². The van der Waals surface area contributed by atoms with Gasteiger partial charge >= 0.3 is 0 Å². The minimum Gasteiger partial charge on any atom is -0.392 e. The van der Waals surface area contributed by atoms with Gasteiger partial charge in [0.2, 0.25) is 0 Å². The fraction of sp³-hybridized carbons (Fsp3) is 1.00. The molecule has 0 radical (unpaired) electrons. The van der Waals surface area contributed by atoms with Crippen molar-refractivity contribution in [2.75, 3.05) is 0 Å². The number of hydrogen-bond acceptors (Lipinski definition) is 1. The first-order valence-electron chi connectivity index (χ1n) is 2.63. The molecule has 7 heavy (non-hydrogen) atoms. The first-order valence-corrected chi connectivity index (χ1v) is 2.63. The zero-order chi connectivity index (χ0) is 5.02. The summed E-state index contributed by atoms with van der Waals surface area (Å²) < 4.78 is 12.1. The second-order valence-electron chi connectivity index (χ2n) is 2.50. The predicted molar refractivity (Wildman–Crippen MR) is 22.5 cm³/mol. The standard InChI is InChI=1S/C5H7FO/c6-4-2-1-3(4)5(2)7/h2-5,7H,1H2. The lowest BCUT2D eigenvalue weighted by molar-refractivity contribution is -0.217. The number of aliphatic hydroxyl groups is 1. The lowest BCUT2D eigenvalue weighted by Crippen LogP contribution is -2.65. The molecule has 40 valence electrons. The van der Waals surface area contributed by atoms with Crippen LogP contribution >= 0.6 is 0 Å². The molecule has 0 aromatic carbocycles. The van der Waals surface area contributed by atoms with E-state index in [0.29, 0.717) is 0 Å². The Bertz CT molecular complexity index is 84.3. The van der Waals surface area contributed by atoms with Crippen LogP contribution < -0.4 is 0 Å². The molecule has 1 nitrogen and oxygen atoms in total. The molecule has 3 rings (SSSR count). The third kappa shape index (κ3) is 0.225. The quantitative estimate of drug-likeness (QED) is 0.467. The summed E-state index contributed by atoms with van der Waals surface area (Å²) in [5, 5.41) is 8.70. The fourth-order valence-corrected chi connectivity index (χ4v) is 1.33. The average molecular weight is 102 g/mol. The second-order valence-corrected chi connectivity index (χ2v) is 2.50. The zero-order valence-electron chi connectivity index (χ0n) is 3.84. The lowest BCUT2D eigenvalue weighted by Gasteiger charge is -2.57. The highest BCUT2D eigenvalue weighted by atomic mass is 19.1. The Hall–Kier alpha value is -0.110. The van der Waals surface area contributed by atoms with Crippen LogP contribution in [0.5, 0.6) is 0 Å². The van der Waals surface area contributed by atoms with Crippen LogP contribution in [0.25, 0.3) is 0 Å². The van der Waals surface area contributed by atoms with Crippen molar-refractivity contribution in [3.8, 4) is 0 Å². The number of rotatable bonds is 0. The van der Waals surface area contributed by atoms with Crippen LogP contribution in [0.4, 0.5) is 4.39 Å². The number of alkyl halides is 1. The van der Waals surface area contributed by atoms with Crippen molar-refractivity contribution in [1.82, 2.24) is 0 Å². The van der Waals surface area contributed by atoms with Crippen molar-refractivity contribution in [3.05, 3.63) is 0 Å². The van der Waals surface area contributed by atoms with Crippen LogP contribution in [0.2, 0.25) is 0 Å². The summed E-state index contributed by atoms with van der Waals surface area (Å²) in [6, 6.07) is 0. The van der Waals surface area contributed by atoms with E-state index >= 15 is 0 Å². The molecule has 0 aliphatic heterocycles. The Kier molecular flexibility index (Phi) is 0.465. The van der Waals surface area contributed by atoms with Crippen LogP contribution in [0.3, 0.4) is 0 Å². The SMILES string of the molecule is OC1C2CC1C2F. The van der Waals surface area contributed by atoms with Gasteiger partial charge in [-0.15, -0.1) is 0 Å². The van der Waals surface area contributed by atoms with Crippen LogP contribution in [-0.4, -0.2) is 17.4 Å². The molecule has 0 heterocycles. The third-order valence-corrected chi connectivity index (χ3v) is 2.24. The van der Waals surface area contributed by atoms with Gasteiger partial charge in [-0.25, -0.2) is 4.39 Å². The molecule has 2 unspecified atom stereocenters. The van der Waals surface area contributed by atoms with Gasteiger partial charge in [-0.2, -0.15) is 0 Å². The van der Waals surface area contributed by atoms with E-state index in [1.165, 1.54) is 0 Å². The zero-order valence-corrected chi connectivity index (χ0v) is 3.84. The summed E-state index contributed by atoms with van der Waals surface area (Å²) in [6.45, 7) is 0. The molecule has 0 aromatic rings. The normalized spacial score (nSPS) is 66.0. The third-order valence-electron chi connectivity index (χ3n) is 2.24. The number of aliphatic hydroxyl groups excluding tert-OH is 1. The van der Waals surface area contributed by atoms with Gasteiger partial charge in [0.05, 0.1) is 6.10 Å². The summed E-state index contributed by atoms with van der Waals surface area (Å²) in [5.74, 6) is 0.0648. The number of hydrogen-bond donors (Lipinski definition) is 1. The predicted octanol–water partition coefficient (Wildman–Crippen LogP) is 0.335. The molecule has 1 N–H and O–H groups in total. The summed E-state index contributed by atoms with van der Waals surface area (Å²) in [5.41, 5.74) is 0. The van der Waals surface area contributed by atoms with Gasteiger partial charge < -0.3 is 5.11 Å². The van der Waals surface area contributed by atoms with E-state index in [0.717, 1.165) is 6.42 Å². The van der Waals surface area contributed by atoms with Gasteiger partial charge in [0, 0.05) is 11.8 Å². The highest BCUT2D eigenvalue weighted by Gasteiger charge is 2.61. The maximum Gasteiger partial charge on any atom is 0.111 e. The first-order chi connectivity index (χ1) is 3.30. The molecule has 3 fully saturated rings. The Morgan fingerprint density at radius 3 is 2.00 bits per heavy atom. The highest BCUT2D eigenvalue weighted by Crippen LogP contribution is 2.55. The largest absolute Gasteiger partial charge is 0.392 e. The Balaban J connectivity index is 2.07. The smallest absolute Gasteiger partial charge is 0.111 e. The van der Waals surface area contributed by atoms with Crippen LogP contribution in [0.15, 0.2) is 0 Å². The van der Waals surface area contributed by atoms with E-state index < -0.39 is 6.17 Å². The maximum atomic E-state index is 12.1. The van der Waals surface area contributed by atoms with Crippen molar-refractivity contribution in [1.29, 1.82) is 0 Å². The molecule has 0 spiro atoms. The van der Waals surface area contributed by atoms with E-state index in [2.05, 4.69) is 0 Å². The van der Waals surface area contributed by atoms with E-state index in [1.54, 1.807) is 0 Å². The average Bonchev–Trinajstić information content (AvgIpc) is 1.60.